The van der Waals surface area contributed by atoms with Gasteiger partial charge in [0.05, 0.1) is 23.0 Å². The fraction of sp³-hybridized carbons (Fsp3) is 0. The van der Waals surface area contributed by atoms with Gasteiger partial charge in [-0.05, 0) is 113 Å². The summed E-state index contributed by atoms with van der Waals surface area (Å²) < 4.78 is 0. The highest BCUT2D eigenvalue weighted by atomic mass is 14.9. The molecule has 1 heterocycles. The minimum absolute atomic E-state index is 0.650. The van der Waals surface area contributed by atoms with E-state index in [1.807, 2.05) is 42.5 Å². The molecular formula is C57H35N3. The van der Waals surface area contributed by atoms with Crippen LogP contribution in [0.15, 0.2) is 212 Å². The van der Waals surface area contributed by atoms with Crippen molar-refractivity contribution in [1.29, 1.82) is 5.26 Å². The lowest BCUT2D eigenvalue weighted by Gasteiger charge is -2.14. The zero-order valence-corrected chi connectivity index (χ0v) is 32.5. The Labute approximate surface area is 348 Å². The van der Waals surface area contributed by atoms with Crippen LogP contribution < -0.4 is 0 Å². The lowest BCUT2D eigenvalue weighted by atomic mass is 9.89. The fourth-order valence-electron chi connectivity index (χ4n) is 8.58. The highest BCUT2D eigenvalue weighted by Gasteiger charge is 2.14. The number of nitrogens with zero attached hydrogens (tertiary/aromatic N) is 3. The van der Waals surface area contributed by atoms with Gasteiger partial charge in [-0.3, -0.25) is 0 Å². The Hall–Kier alpha value is -8.19. The molecule has 10 aromatic carbocycles. The van der Waals surface area contributed by atoms with Crippen LogP contribution in [-0.2, 0) is 0 Å². The summed E-state index contributed by atoms with van der Waals surface area (Å²) in [5.41, 5.74) is 12.4. The van der Waals surface area contributed by atoms with E-state index in [1.54, 1.807) is 0 Å². The maximum atomic E-state index is 9.22. The minimum Gasteiger partial charge on any atom is -0.228 e. The van der Waals surface area contributed by atoms with Crippen LogP contribution in [0.25, 0.3) is 110 Å². The highest BCUT2D eigenvalue weighted by Crippen LogP contribution is 2.40. The van der Waals surface area contributed by atoms with Gasteiger partial charge >= 0.3 is 0 Å². The Morgan fingerprint density at radius 1 is 0.300 bits per heavy atom. The van der Waals surface area contributed by atoms with Crippen LogP contribution in [0.4, 0.5) is 0 Å². The first-order valence-corrected chi connectivity index (χ1v) is 20.2. The maximum absolute atomic E-state index is 9.22. The molecule has 0 aliphatic rings. The Bertz CT molecular complexity index is 3450. The molecular weight excluding hydrogens is 727 g/mol. The van der Waals surface area contributed by atoms with Crippen molar-refractivity contribution in [3.8, 4) is 73.4 Å². The summed E-state index contributed by atoms with van der Waals surface area (Å²) in [6, 6.07) is 77.2. The largest absolute Gasteiger partial charge is 0.228 e. The van der Waals surface area contributed by atoms with Gasteiger partial charge in [0.1, 0.15) is 0 Å². The lowest BCUT2D eigenvalue weighted by molar-refractivity contribution is 1.18. The molecule has 278 valence electrons. The molecule has 60 heavy (non-hydrogen) atoms. The van der Waals surface area contributed by atoms with E-state index < -0.39 is 0 Å². The summed E-state index contributed by atoms with van der Waals surface area (Å²) in [7, 11) is 0. The number of fused-ring (bicyclic) bond motifs is 5. The van der Waals surface area contributed by atoms with Gasteiger partial charge in [-0.25, -0.2) is 9.97 Å². The monoisotopic (exact) mass is 761 g/mol. The van der Waals surface area contributed by atoms with Crippen molar-refractivity contribution in [3.63, 3.8) is 0 Å². The molecule has 0 N–H and O–H groups in total. The van der Waals surface area contributed by atoms with Crippen LogP contribution in [0.2, 0.25) is 0 Å². The molecule has 0 spiro atoms. The van der Waals surface area contributed by atoms with Crippen molar-refractivity contribution in [2.75, 3.05) is 0 Å². The van der Waals surface area contributed by atoms with Gasteiger partial charge in [-0.2, -0.15) is 5.26 Å². The molecule has 11 rings (SSSR count). The predicted octanol–water partition coefficient (Wildman–Crippen LogP) is 15.0. The first kappa shape index (κ1) is 35.0. The molecule has 0 saturated heterocycles. The summed E-state index contributed by atoms with van der Waals surface area (Å²) in [5.74, 6) is 0.683. The molecule has 0 aliphatic heterocycles. The highest BCUT2D eigenvalue weighted by molar-refractivity contribution is 6.20. The average Bonchev–Trinajstić information content (AvgIpc) is 3.33. The van der Waals surface area contributed by atoms with Crippen LogP contribution in [0.1, 0.15) is 5.56 Å². The maximum Gasteiger partial charge on any atom is 0.160 e. The van der Waals surface area contributed by atoms with Crippen LogP contribution in [0, 0.1) is 11.3 Å². The summed E-state index contributed by atoms with van der Waals surface area (Å²) in [4.78, 5) is 10.2. The van der Waals surface area contributed by atoms with E-state index >= 15 is 0 Å². The number of nitriles is 1. The number of aromatic nitrogens is 2. The third-order valence-corrected chi connectivity index (χ3v) is 11.7. The predicted molar refractivity (Wildman–Crippen MR) is 249 cm³/mol. The van der Waals surface area contributed by atoms with Crippen LogP contribution >= 0.6 is 0 Å². The molecule has 11 aromatic rings. The Morgan fingerprint density at radius 2 is 0.817 bits per heavy atom. The van der Waals surface area contributed by atoms with Crippen LogP contribution in [0.5, 0.6) is 0 Å². The molecule has 1 aromatic heterocycles. The van der Waals surface area contributed by atoms with E-state index in [4.69, 9.17) is 9.97 Å². The second kappa shape index (κ2) is 14.6. The lowest BCUT2D eigenvalue weighted by Crippen LogP contribution is -1.96. The number of hydrogen-bond acceptors (Lipinski definition) is 3. The Morgan fingerprint density at radius 3 is 1.53 bits per heavy atom. The number of benzene rings is 10. The standard InChI is InChI=1S/C57H35N3/c58-36-37-14-16-38(17-15-37)39-18-22-42(23-19-39)54-35-55(60-57(59-54)44-9-2-1-3-10-44)49-29-28-46-32-45(26-27-47(46)33-49)40-20-24-43(25-21-40)56-51-13-7-5-11-48(51)34-53-50-12-6-4-8-41(50)30-31-52(53)56/h1-35H. The molecule has 0 atom stereocenters. The molecule has 0 radical (unpaired) electrons. The molecule has 0 amide bonds. The Balaban J connectivity index is 0.931. The SMILES string of the molecule is N#Cc1ccc(-c2ccc(-c3cc(-c4ccc5cc(-c6ccc(-c7c8ccccc8cc8c7ccc7ccccc78)cc6)ccc5c4)nc(-c4ccccc4)n3)cc2)cc1. The topological polar surface area (TPSA) is 49.6 Å². The minimum atomic E-state index is 0.650. The zero-order valence-electron chi connectivity index (χ0n) is 32.5. The fourth-order valence-corrected chi connectivity index (χ4v) is 8.58. The molecule has 0 aliphatic carbocycles. The average molecular weight is 762 g/mol. The Kier molecular flexibility index (Phi) is 8.54. The molecule has 0 unspecified atom stereocenters. The van der Waals surface area contributed by atoms with E-state index in [0.29, 0.717) is 11.4 Å². The van der Waals surface area contributed by atoms with Gasteiger partial charge in [-0.1, -0.05) is 176 Å². The van der Waals surface area contributed by atoms with E-state index in [9.17, 15) is 5.26 Å². The quantitative estimate of drug-likeness (QED) is 0.125. The van der Waals surface area contributed by atoms with E-state index in [-0.39, 0.29) is 0 Å². The van der Waals surface area contributed by atoms with Gasteiger partial charge in [0, 0.05) is 16.7 Å². The summed E-state index contributed by atoms with van der Waals surface area (Å²) in [5, 5.41) is 19.1. The summed E-state index contributed by atoms with van der Waals surface area (Å²) in [6.45, 7) is 0. The number of hydrogen-bond donors (Lipinski definition) is 0. The first-order chi connectivity index (χ1) is 29.6. The number of rotatable bonds is 6. The van der Waals surface area contributed by atoms with E-state index in [0.717, 1.165) is 44.6 Å². The third kappa shape index (κ3) is 6.34. The van der Waals surface area contributed by atoms with Crippen molar-refractivity contribution in [1.82, 2.24) is 9.97 Å². The molecule has 3 nitrogen and oxygen atoms in total. The smallest absolute Gasteiger partial charge is 0.160 e. The van der Waals surface area contributed by atoms with E-state index in [2.05, 4.69) is 176 Å². The van der Waals surface area contributed by atoms with Crippen LogP contribution in [-0.4, -0.2) is 9.97 Å². The summed E-state index contributed by atoms with van der Waals surface area (Å²) >= 11 is 0. The van der Waals surface area contributed by atoms with Gasteiger partial charge in [0.15, 0.2) is 5.82 Å². The van der Waals surface area contributed by atoms with Gasteiger partial charge in [0.25, 0.3) is 0 Å². The normalized spacial score (nSPS) is 11.3. The van der Waals surface area contributed by atoms with Gasteiger partial charge < -0.3 is 0 Å². The van der Waals surface area contributed by atoms with Gasteiger partial charge in [-0.15, -0.1) is 0 Å². The van der Waals surface area contributed by atoms with Crippen molar-refractivity contribution >= 4 is 43.1 Å². The second-order valence-electron chi connectivity index (χ2n) is 15.3. The van der Waals surface area contributed by atoms with Crippen LogP contribution in [0.3, 0.4) is 0 Å². The van der Waals surface area contributed by atoms with Crippen molar-refractivity contribution in [3.05, 3.63) is 218 Å². The third-order valence-electron chi connectivity index (χ3n) is 11.7. The second-order valence-corrected chi connectivity index (χ2v) is 15.3. The van der Waals surface area contributed by atoms with Crippen molar-refractivity contribution < 1.29 is 0 Å². The van der Waals surface area contributed by atoms with Crippen molar-refractivity contribution in [2.45, 2.75) is 0 Å². The molecule has 0 fully saturated rings. The van der Waals surface area contributed by atoms with E-state index in [1.165, 1.54) is 60.0 Å². The molecule has 0 bridgehead atoms. The van der Waals surface area contributed by atoms with Crippen molar-refractivity contribution in [2.24, 2.45) is 0 Å². The van der Waals surface area contributed by atoms with Gasteiger partial charge in [0.2, 0.25) is 0 Å². The summed E-state index contributed by atoms with van der Waals surface area (Å²) in [6.07, 6.45) is 0. The molecule has 3 heteroatoms. The first-order valence-electron chi connectivity index (χ1n) is 20.2. The zero-order chi connectivity index (χ0) is 40.0. The molecule has 0 saturated carbocycles.